The van der Waals surface area contributed by atoms with E-state index in [1.165, 1.54) is 28.9 Å². The van der Waals surface area contributed by atoms with Crippen LogP contribution in [0, 0.1) is 25.5 Å². The molecule has 0 aliphatic carbocycles. The van der Waals surface area contributed by atoms with Gasteiger partial charge < -0.3 is 10.1 Å². The Bertz CT molecular complexity index is 1300. The third-order valence-corrected chi connectivity index (χ3v) is 5.32. The average molecular weight is 447 g/mol. The lowest BCUT2D eigenvalue weighted by atomic mass is 10.1. The monoisotopic (exact) mass is 447 g/mol. The van der Waals surface area contributed by atoms with E-state index in [1.54, 1.807) is 30.5 Å². The zero-order chi connectivity index (χ0) is 23.4. The second kappa shape index (κ2) is 9.65. The van der Waals surface area contributed by atoms with Crippen molar-refractivity contribution < 1.29 is 18.3 Å². The minimum atomic E-state index is -0.386. The van der Waals surface area contributed by atoms with Crippen LogP contribution in [0.5, 0.6) is 5.88 Å². The number of carbonyl (C=O) groups excluding carboxylic acids is 1. The second-order valence-corrected chi connectivity index (χ2v) is 7.80. The van der Waals surface area contributed by atoms with E-state index in [2.05, 4.69) is 10.4 Å². The third kappa shape index (κ3) is 5.44. The molecule has 0 saturated carbocycles. The maximum absolute atomic E-state index is 13.6. The van der Waals surface area contributed by atoms with Gasteiger partial charge in [0, 0.05) is 11.9 Å². The van der Waals surface area contributed by atoms with Crippen LogP contribution < -0.4 is 10.1 Å². The molecule has 0 spiro atoms. The Hall–Kier alpha value is -4.00. The SMILES string of the molecule is Cc1cccc(NC(=O)c2cn(Cc3cccc(F)c3)nc2OCc2cccc(F)c2)c1C. The molecule has 168 valence electrons. The van der Waals surface area contributed by atoms with E-state index in [0.717, 1.165) is 11.1 Å². The van der Waals surface area contributed by atoms with Crippen LogP contribution in [0.2, 0.25) is 0 Å². The molecule has 4 rings (SSSR count). The van der Waals surface area contributed by atoms with E-state index >= 15 is 0 Å². The van der Waals surface area contributed by atoms with Gasteiger partial charge in [-0.25, -0.2) is 8.78 Å². The average Bonchev–Trinajstić information content (AvgIpc) is 3.18. The highest BCUT2D eigenvalue weighted by Gasteiger charge is 2.19. The van der Waals surface area contributed by atoms with Gasteiger partial charge in [0.05, 0.1) is 6.54 Å². The first-order valence-corrected chi connectivity index (χ1v) is 10.5. The lowest BCUT2D eigenvalue weighted by Gasteiger charge is -2.10. The fourth-order valence-corrected chi connectivity index (χ4v) is 3.42. The summed E-state index contributed by atoms with van der Waals surface area (Å²) in [5.41, 5.74) is 4.22. The molecule has 0 fully saturated rings. The molecule has 1 N–H and O–H groups in total. The fourth-order valence-electron chi connectivity index (χ4n) is 3.42. The van der Waals surface area contributed by atoms with E-state index in [4.69, 9.17) is 4.74 Å². The standard InChI is InChI=1S/C26H23F2N3O2/c1-17-6-3-11-24(18(17)2)29-25(32)23-15-31(14-19-7-4-9-21(27)12-19)30-26(23)33-16-20-8-5-10-22(28)13-20/h3-13,15H,14,16H2,1-2H3,(H,29,32). The summed E-state index contributed by atoms with van der Waals surface area (Å²) in [5, 5.41) is 7.30. The third-order valence-electron chi connectivity index (χ3n) is 5.32. The maximum atomic E-state index is 13.6. The Kier molecular flexibility index (Phi) is 6.49. The molecule has 33 heavy (non-hydrogen) atoms. The summed E-state index contributed by atoms with van der Waals surface area (Å²) in [6.07, 6.45) is 1.56. The minimum Gasteiger partial charge on any atom is -0.471 e. The molecule has 1 amide bonds. The lowest BCUT2D eigenvalue weighted by molar-refractivity contribution is 0.102. The van der Waals surface area contributed by atoms with Crippen molar-refractivity contribution in [3.05, 3.63) is 112 Å². The Labute approximate surface area is 190 Å². The van der Waals surface area contributed by atoms with Gasteiger partial charge in [0.1, 0.15) is 23.8 Å². The first-order chi connectivity index (χ1) is 15.9. The number of aryl methyl sites for hydroxylation is 1. The van der Waals surface area contributed by atoms with Gasteiger partial charge in [-0.15, -0.1) is 5.10 Å². The molecule has 0 unspecified atom stereocenters. The molecule has 0 radical (unpaired) electrons. The molecule has 0 saturated heterocycles. The molecule has 0 aliphatic rings. The summed E-state index contributed by atoms with van der Waals surface area (Å²) >= 11 is 0. The summed E-state index contributed by atoms with van der Waals surface area (Å²) in [6, 6.07) is 17.8. The summed E-state index contributed by atoms with van der Waals surface area (Å²) < 4.78 is 34.4. The Balaban J connectivity index is 1.61. The minimum absolute atomic E-state index is 0.0402. The van der Waals surface area contributed by atoms with Crippen molar-refractivity contribution in [2.45, 2.75) is 27.0 Å². The van der Waals surface area contributed by atoms with Crippen LogP contribution in [0.1, 0.15) is 32.6 Å². The Morgan fingerprint density at radius 3 is 2.36 bits per heavy atom. The predicted octanol–water partition coefficient (Wildman–Crippen LogP) is 5.66. The Morgan fingerprint density at radius 2 is 1.64 bits per heavy atom. The van der Waals surface area contributed by atoms with Crippen molar-refractivity contribution in [3.8, 4) is 5.88 Å². The molecular weight excluding hydrogens is 424 g/mol. The number of hydrogen-bond acceptors (Lipinski definition) is 3. The van der Waals surface area contributed by atoms with Crippen molar-refractivity contribution >= 4 is 11.6 Å². The van der Waals surface area contributed by atoms with Crippen LogP contribution >= 0.6 is 0 Å². The predicted molar refractivity (Wildman–Crippen MR) is 122 cm³/mol. The number of hydrogen-bond donors (Lipinski definition) is 1. The largest absolute Gasteiger partial charge is 0.471 e. The van der Waals surface area contributed by atoms with Crippen LogP contribution in [-0.2, 0) is 13.2 Å². The highest BCUT2D eigenvalue weighted by Crippen LogP contribution is 2.23. The highest BCUT2D eigenvalue weighted by molar-refractivity contribution is 6.06. The fraction of sp³-hybridized carbons (Fsp3) is 0.154. The highest BCUT2D eigenvalue weighted by atomic mass is 19.1. The van der Waals surface area contributed by atoms with Gasteiger partial charge >= 0.3 is 0 Å². The number of rotatable bonds is 7. The topological polar surface area (TPSA) is 56.2 Å². The quantitative estimate of drug-likeness (QED) is 0.398. The smallest absolute Gasteiger partial charge is 0.262 e. The van der Waals surface area contributed by atoms with Crippen molar-refractivity contribution in [3.63, 3.8) is 0 Å². The van der Waals surface area contributed by atoms with Crippen LogP contribution in [0.25, 0.3) is 0 Å². The van der Waals surface area contributed by atoms with Crippen LogP contribution in [-0.4, -0.2) is 15.7 Å². The molecule has 7 heteroatoms. The van der Waals surface area contributed by atoms with Gasteiger partial charge in [-0.3, -0.25) is 9.48 Å². The van der Waals surface area contributed by atoms with Crippen molar-refractivity contribution in [2.24, 2.45) is 0 Å². The number of amides is 1. The molecular formula is C26H23F2N3O2. The van der Waals surface area contributed by atoms with Gasteiger partial charge in [-0.2, -0.15) is 0 Å². The van der Waals surface area contributed by atoms with Gasteiger partial charge in [0.15, 0.2) is 0 Å². The van der Waals surface area contributed by atoms with Crippen LogP contribution in [0.15, 0.2) is 72.9 Å². The lowest BCUT2D eigenvalue weighted by Crippen LogP contribution is -2.14. The van der Waals surface area contributed by atoms with E-state index < -0.39 is 0 Å². The molecule has 0 atom stereocenters. The second-order valence-electron chi connectivity index (χ2n) is 7.80. The number of halogens is 2. The van der Waals surface area contributed by atoms with Gasteiger partial charge in [0.25, 0.3) is 5.91 Å². The number of nitrogens with zero attached hydrogens (tertiary/aromatic N) is 2. The molecule has 4 aromatic rings. The van der Waals surface area contributed by atoms with Crippen molar-refractivity contribution in [1.82, 2.24) is 9.78 Å². The van der Waals surface area contributed by atoms with Gasteiger partial charge in [-0.1, -0.05) is 36.4 Å². The molecule has 0 bridgehead atoms. The molecule has 5 nitrogen and oxygen atoms in total. The maximum Gasteiger partial charge on any atom is 0.262 e. The number of ether oxygens (including phenoxy) is 1. The molecule has 1 heterocycles. The number of aromatic nitrogens is 2. The van der Waals surface area contributed by atoms with E-state index in [9.17, 15) is 13.6 Å². The number of benzene rings is 3. The number of anilines is 1. The zero-order valence-corrected chi connectivity index (χ0v) is 18.3. The summed E-state index contributed by atoms with van der Waals surface area (Å²) in [4.78, 5) is 13.1. The summed E-state index contributed by atoms with van der Waals surface area (Å²) in [5.74, 6) is -1.00. The first-order valence-electron chi connectivity index (χ1n) is 10.5. The summed E-state index contributed by atoms with van der Waals surface area (Å²) in [7, 11) is 0. The molecule has 1 aromatic heterocycles. The van der Waals surface area contributed by atoms with E-state index in [0.29, 0.717) is 16.8 Å². The number of carbonyl (C=O) groups is 1. The van der Waals surface area contributed by atoms with Crippen molar-refractivity contribution in [1.29, 1.82) is 0 Å². The van der Waals surface area contributed by atoms with Crippen LogP contribution in [0.4, 0.5) is 14.5 Å². The zero-order valence-electron chi connectivity index (χ0n) is 18.3. The van der Waals surface area contributed by atoms with Crippen molar-refractivity contribution in [2.75, 3.05) is 5.32 Å². The normalized spacial score (nSPS) is 10.8. The van der Waals surface area contributed by atoms with Gasteiger partial charge in [0.2, 0.25) is 5.88 Å². The Morgan fingerprint density at radius 1 is 0.970 bits per heavy atom. The van der Waals surface area contributed by atoms with Gasteiger partial charge in [-0.05, 0) is 66.4 Å². The first kappa shape index (κ1) is 22.2. The van der Waals surface area contributed by atoms with E-state index in [-0.39, 0.29) is 42.1 Å². The van der Waals surface area contributed by atoms with Crippen LogP contribution in [0.3, 0.4) is 0 Å². The molecule has 0 aliphatic heterocycles. The number of nitrogens with one attached hydrogen (secondary N) is 1. The summed E-state index contributed by atoms with van der Waals surface area (Å²) in [6.45, 7) is 4.19. The molecule has 3 aromatic carbocycles. The van der Waals surface area contributed by atoms with E-state index in [1.807, 2.05) is 32.0 Å².